The van der Waals surface area contributed by atoms with Crippen LogP contribution in [-0.4, -0.2) is 61.2 Å². The summed E-state index contributed by atoms with van der Waals surface area (Å²) in [7, 11) is 1.83. The zero-order chi connectivity index (χ0) is 21.5. The van der Waals surface area contributed by atoms with Crippen LogP contribution in [0.3, 0.4) is 0 Å². The number of rotatable bonds is 8. The van der Waals surface area contributed by atoms with E-state index in [1.807, 2.05) is 27.0 Å². The van der Waals surface area contributed by atoms with E-state index in [1.54, 1.807) is 11.8 Å². The fourth-order valence-corrected chi connectivity index (χ4v) is 4.96. The van der Waals surface area contributed by atoms with E-state index in [2.05, 4.69) is 10.5 Å². The van der Waals surface area contributed by atoms with Gasteiger partial charge in [-0.1, -0.05) is 5.16 Å². The lowest BCUT2D eigenvalue weighted by Crippen LogP contribution is -2.27. The summed E-state index contributed by atoms with van der Waals surface area (Å²) in [5.41, 5.74) is 1.07. The van der Waals surface area contributed by atoms with Crippen LogP contribution in [0.5, 0.6) is 0 Å². The highest BCUT2D eigenvalue weighted by atomic mass is 32.2. The molecule has 3 heterocycles. The van der Waals surface area contributed by atoms with Crippen molar-refractivity contribution in [1.29, 1.82) is 0 Å². The maximum Gasteiger partial charge on any atom is 0.224 e. The number of hydrogen-bond donors (Lipinski definition) is 1. The second-order valence-electron chi connectivity index (χ2n) is 8.86. The molecule has 2 saturated heterocycles. The number of nitrogens with zero attached hydrogens (tertiary/aromatic N) is 1. The zero-order valence-electron chi connectivity index (χ0n) is 18.5. The summed E-state index contributed by atoms with van der Waals surface area (Å²) in [5, 5.41) is 7.69. The molecule has 4 rings (SSSR count). The van der Waals surface area contributed by atoms with E-state index < -0.39 is 0 Å². The third-order valence-electron chi connectivity index (χ3n) is 5.76. The largest absolute Gasteiger partial charge is 0.381 e. The van der Waals surface area contributed by atoms with Gasteiger partial charge in [-0.2, -0.15) is 0 Å². The number of ether oxygens (including phenoxy) is 3. The van der Waals surface area contributed by atoms with Crippen molar-refractivity contribution in [1.82, 2.24) is 5.16 Å². The Hall–Kier alpha value is -1.09. The van der Waals surface area contributed by atoms with E-state index >= 15 is 0 Å². The zero-order valence-corrected chi connectivity index (χ0v) is 19.3. The minimum atomic E-state index is -0.220. The molecule has 30 heavy (non-hydrogen) atoms. The first-order valence-electron chi connectivity index (χ1n) is 11.1. The lowest BCUT2D eigenvalue weighted by Gasteiger charge is -2.27. The highest BCUT2D eigenvalue weighted by Gasteiger charge is 2.48. The summed E-state index contributed by atoms with van der Waals surface area (Å²) in [4.78, 5) is 10.6. The number of hydrogen-bond acceptors (Lipinski definition) is 8. The fraction of sp³-hybridized carbons (Fsp3) is 0.818. The number of anilines is 1. The molecule has 1 unspecified atom stereocenters. The smallest absolute Gasteiger partial charge is 0.224 e. The quantitative estimate of drug-likeness (QED) is 0.603. The van der Waals surface area contributed by atoms with Crippen molar-refractivity contribution in [2.75, 3.05) is 38.8 Å². The van der Waals surface area contributed by atoms with Gasteiger partial charge in [-0.05, 0) is 58.8 Å². The molecule has 1 aliphatic carbocycles. The second-order valence-corrected chi connectivity index (χ2v) is 10.8. The Bertz CT molecular complexity index is 650. The van der Waals surface area contributed by atoms with Crippen LogP contribution in [-0.2, 0) is 24.4 Å². The molecule has 0 amide bonds. The lowest BCUT2D eigenvalue weighted by molar-refractivity contribution is -0.166. The molecule has 0 bridgehead atoms. The Balaban J connectivity index is 0.000000187. The Morgan fingerprint density at radius 3 is 2.60 bits per heavy atom. The van der Waals surface area contributed by atoms with Gasteiger partial charge in [-0.15, -0.1) is 11.8 Å². The molecule has 1 atom stereocenters. The number of thioether (sulfide) groups is 1. The van der Waals surface area contributed by atoms with Crippen LogP contribution in [0.15, 0.2) is 10.6 Å². The van der Waals surface area contributed by atoms with Crippen LogP contribution in [0, 0.1) is 0 Å². The van der Waals surface area contributed by atoms with Crippen LogP contribution in [0.1, 0.15) is 64.5 Å². The lowest BCUT2D eigenvalue weighted by atomic mass is 10.0. The van der Waals surface area contributed by atoms with Crippen LogP contribution < -0.4 is 5.32 Å². The maximum absolute atomic E-state index is 10.6. The molecule has 3 fully saturated rings. The summed E-state index contributed by atoms with van der Waals surface area (Å²) >= 11 is 1.77. The Labute approximate surface area is 183 Å². The standard InChI is InChI=1S/C13H20N2O3.C9H16O2S/c1-14-11-8-10(15-18-11)13(5-6-13)9-17-12-4-2-3-7-16-12;1-9(2,7-10)12-8-3-5-11-6-4-8/h8,12,14H,2-7,9H2,1H3;7-8H,3-6H2,1-2H3. The number of carbonyl (C=O) groups excluding carboxylic acids is 1. The third-order valence-corrected chi connectivity index (χ3v) is 7.27. The van der Waals surface area contributed by atoms with Gasteiger partial charge >= 0.3 is 0 Å². The molecule has 2 aliphatic heterocycles. The first kappa shape index (κ1) is 23.6. The average molecular weight is 441 g/mol. The number of carbonyl (C=O) groups is 1. The van der Waals surface area contributed by atoms with Crippen molar-refractivity contribution >= 4 is 23.9 Å². The van der Waals surface area contributed by atoms with Crippen molar-refractivity contribution in [3.63, 3.8) is 0 Å². The summed E-state index contributed by atoms with van der Waals surface area (Å²) < 4.78 is 21.7. The number of aromatic nitrogens is 1. The summed E-state index contributed by atoms with van der Waals surface area (Å²) in [5.74, 6) is 0.713. The van der Waals surface area contributed by atoms with Gasteiger partial charge in [0.1, 0.15) is 6.29 Å². The molecular weight excluding hydrogens is 404 g/mol. The van der Waals surface area contributed by atoms with Gasteiger partial charge in [-0.3, -0.25) is 0 Å². The van der Waals surface area contributed by atoms with E-state index in [1.165, 1.54) is 6.42 Å². The fourth-order valence-electron chi connectivity index (χ4n) is 3.61. The van der Waals surface area contributed by atoms with E-state index in [0.717, 1.165) is 70.3 Å². The topological polar surface area (TPSA) is 82.8 Å². The molecule has 7 nitrogen and oxygen atoms in total. The number of aldehydes is 1. The van der Waals surface area contributed by atoms with Crippen molar-refractivity contribution in [3.8, 4) is 0 Å². The van der Waals surface area contributed by atoms with Gasteiger partial charge in [0.25, 0.3) is 0 Å². The molecule has 8 heteroatoms. The third kappa shape index (κ3) is 6.97. The van der Waals surface area contributed by atoms with Gasteiger partial charge < -0.3 is 28.8 Å². The molecule has 0 aromatic carbocycles. The van der Waals surface area contributed by atoms with Crippen molar-refractivity contribution in [3.05, 3.63) is 11.8 Å². The van der Waals surface area contributed by atoms with E-state index in [0.29, 0.717) is 17.7 Å². The maximum atomic E-state index is 10.6. The van der Waals surface area contributed by atoms with Crippen molar-refractivity contribution in [2.45, 2.75) is 80.5 Å². The molecule has 1 aromatic rings. The molecule has 170 valence electrons. The predicted molar refractivity (Wildman–Crippen MR) is 118 cm³/mol. The molecule has 0 radical (unpaired) electrons. The summed E-state index contributed by atoms with van der Waals surface area (Å²) in [6.07, 6.45) is 8.79. The minimum absolute atomic E-state index is 0.0214. The average Bonchev–Trinajstić information content (AvgIpc) is 3.41. The first-order chi connectivity index (χ1) is 14.5. The van der Waals surface area contributed by atoms with Crippen LogP contribution in [0.4, 0.5) is 5.88 Å². The first-order valence-corrected chi connectivity index (χ1v) is 11.9. The molecule has 1 aromatic heterocycles. The highest BCUT2D eigenvalue weighted by Crippen LogP contribution is 2.48. The molecule has 0 spiro atoms. The van der Waals surface area contributed by atoms with Crippen LogP contribution in [0.2, 0.25) is 0 Å². The van der Waals surface area contributed by atoms with Gasteiger partial charge in [-0.25, -0.2) is 0 Å². The Morgan fingerprint density at radius 1 is 1.27 bits per heavy atom. The van der Waals surface area contributed by atoms with E-state index in [9.17, 15) is 4.79 Å². The van der Waals surface area contributed by atoms with Gasteiger partial charge in [0, 0.05) is 43.6 Å². The summed E-state index contributed by atoms with van der Waals surface area (Å²) in [6.45, 7) is 7.17. The Morgan fingerprint density at radius 2 is 2.03 bits per heavy atom. The molecule has 1 saturated carbocycles. The van der Waals surface area contributed by atoms with Gasteiger partial charge in [0.15, 0.2) is 6.29 Å². The second kappa shape index (κ2) is 11.0. The monoisotopic (exact) mass is 440 g/mol. The minimum Gasteiger partial charge on any atom is -0.381 e. The molecular formula is C22H36N2O5S. The highest BCUT2D eigenvalue weighted by molar-refractivity contribution is 8.01. The van der Waals surface area contributed by atoms with E-state index in [-0.39, 0.29) is 16.5 Å². The van der Waals surface area contributed by atoms with Crippen LogP contribution in [0.25, 0.3) is 0 Å². The van der Waals surface area contributed by atoms with Crippen LogP contribution >= 0.6 is 11.8 Å². The normalized spacial score (nSPS) is 23.9. The van der Waals surface area contributed by atoms with Gasteiger partial charge in [0.05, 0.1) is 17.0 Å². The summed E-state index contributed by atoms with van der Waals surface area (Å²) in [6, 6.07) is 1.97. The van der Waals surface area contributed by atoms with Crippen molar-refractivity contribution in [2.24, 2.45) is 0 Å². The number of nitrogens with one attached hydrogen (secondary N) is 1. The van der Waals surface area contributed by atoms with E-state index in [4.69, 9.17) is 18.7 Å². The predicted octanol–water partition coefficient (Wildman–Crippen LogP) is 4.17. The Kier molecular flexibility index (Phi) is 8.62. The van der Waals surface area contributed by atoms with Crippen molar-refractivity contribution < 1.29 is 23.5 Å². The SMILES string of the molecule is CC(C)(C=O)SC1CCOCC1.CNc1cc(C2(COC3CCCCO3)CC2)no1. The molecule has 1 N–H and O–H groups in total. The molecule has 3 aliphatic rings. The van der Waals surface area contributed by atoms with Gasteiger partial charge in [0.2, 0.25) is 5.88 Å².